The number of sulfonamides is 1. The number of halogens is 2. The van der Waals surface area contributed by atoms with Crippen molar-refractivity contribution in [1.82, 2.24) is 0 Å². The lowest BCUT2D eigenvalue weighted by atomic mass is 10.2. The maximum absolute atomic E-state index is 13.3. The fraction of sp³-hybridized carbons (Fsp3) is 0. The second-order valence-electron chi connectivity index (χ2n) is 5.41. The van der Waals surface area contributed by atoms with Crippen LogP contribution in [0, 0.1) is 9.39 Å². The molecule has 0 amide bonds. The fourth-order valence-electron chi connectivity index (χ4n) is 2.26. The lowest BCUT2D eigenvalue weighted by molar-refractivity contribution is -0.266. The van der Waals surface area contributed by atoms with Crippen molar-refractivity contribution in [2.45, 2.75) is 4.90 Å². The summed E-state index contributed by atoms with van der Waals surface area (Å²) in [6.07, 6.45) is 0. The Labute approximate surface area is 165 Å². The zero-order valence-electron chi connectivity index (χ0n) is 13.5. The van der Waals surface area contributed by atoms with Gasteiger partial charge in [-0.05, 0) is 71.1 Å². The largest absolute Gasteiger partial charge is 0.328 e. The molecule has 132 valence electrons. The number of hydrogen-bond acceptors (Lipinski definition) is 2. The Morgan fingerprint density at radius 1 is 0.885 bits per heavy atom. The molecule has 0 aromatic heterocycles. The maximum atomic E-state index is 13.3. The Kier molecular flexibility index (Phi) is 5.67. The summed E-state index contributed by atoms with van der Waals surface area (Å²) in [7, 11) is -3.80. The maximum Gasteiger partial charge on any atom is 0.328 e. The SMILES string of the molecule is O=S(=O)([NH+]=C(Nc1ccccc1I)c1ccc(F)cc1)c1ccccc1. The van der Waals surface area contributed by atoms with Gasteiger partial charge in [0.15, 0.2) is 0 Å². The van der Waals surface area contributed by atoms with E-state index in [2.05, 4.69) is 32.3 Å². The summed E-state index contributed by atoms with van der Waals surface area (Å²) in [4.78, 5) is 0.143. The third-order valence-corrected chi connectivity index (χ3v) is 5.86. The first-order chi connectivity index (χ1) is 12.5. The second-order valence-corrected chi connectivity index (χ2v) is 8.25. The van der Waals surface area contributed by atoms with Crippen LogP contribution in [0.2, 0.25) is 0 Å². The Morgan fingerprint density at radius 2 is 1.50 bits per heavy atom. The Bertz CT molecular complexity index is 1040. The van der Waals surface area contributed by atoms with Crippen molar-refractivity contribution in [2.24, 2.45) is 0 Å². The van der Waals surface area contributed by atoms with E-state index in [1.54, 1.807) is 18.2 Å². The number of amidine groups is 1. The molecule has 0 radical (unpaired) electrons. The molecule has 0 bridgehead atoms. The zero-order chi connectivity index (χ0) is 18.6. The first-order valence-electron chi connectivity index (χ1n) is 7.68. The van der Waals surface area contributed by atoms with Gasteiger partial charge >= 0.3 is 10.0 Å². The highest BCUT2D eigenvalue weighted by Gasteiger charge is 2.21. The van der Waals surface area contributed by atoms with Gasteiger partial charge in [-0.3, -0.25) is 0 Å². The molecule has 3 rings (SSSR count). The molecule has 0 atom stereocenters. The Balaban J connectivity index is 2.08. The molecule has 26 heavy (non-hydrogen) atoms. The van der Waals surface area contributed by atoms with Gasteiger partial charge in [0.05, 0.1) is 9.13 Å². The van der Waals surface area contributed by atoms with Crippen LogP contribution in [0.25, 0.3) is 0 Å². The first kappa shape index (κ1) is 18.5. The molecule has 0 saturated carbocycles. The van der Waals surface area contributed by atoms with Gasteiger partial charge in [0.1, 0.15) is 16.4 Å². The van der Waals surface area contributed by atoms with Crippen molar-refractivity contribution in [3.8, 4) is 0 Å². The van der Waals surface area contributed by atoms with Gasteiger partial charge in [-0.2, -0.15) is 12.8 Å². The van der Waals surface area contributed by atoms with E-state index in [-0.39, 0.29) is 10.7 Å². The average Bonchev–Trinajstić information content (AvgIpc) is 2.64. The highest BCUT2D eigenvalue weighted by atomic mass is 127. The van der Waals surface area contributed by atoms with Crippen LogP contribution in [0.3, 0.4) is 0 Å². The highest BCUT2D eigenvalue weighted by molar-refractivity contribution is 14.1. The highest BCUT2D eigenvalue weighted by Crippen LogP contribution is 2.17. The standard InChI is InChI=1S/C19H14FIN2O2S/c20-15-12-10-14(11-13-15)19(22-18-9-5-4-8-17(18)21)23-26(24,25)16-6-2-1-3-7-16/h1-13H,(H,22,23)/p+1. The monoisotopic (exact) mass is 481 g/mol. The average molecular weight is 481 g/mol. The van der Waals surface area contributed by atoms with E-state index in [0.29, 0.717) is 5.56 Å². The normalized spacial score (nSPS) is 12.0. The van der Waals surface area contributed by atoms with E-state index in [9.17, 15) is 12.8 Å². The van der Waals surface area contributed by atoms with E-state index in [1.807, 2.05) is 24.3 Å². The molecule has 2 N–H and O–H groups in total. The molecule has 3 aromatic carbocycles. The Hall–Kier alpha value is -2.26. The molecule has 4 nitrogen and oxygen atoms in total. The molecule has 0 heterocycles. The summed E-state index contributed by atoms with van der Waals surface area (Å²) in [5, 5.41) is 3.11. The van der Waals surface area contributed by atoms with E-state index < -0.39 is 15.8 Å². The summed E-state index contributed by atoms with van der Waals surface area (Å²) < 4.78 is 42.2. The first-order valence-corrected chi connectivity index (χ1v) is 10.2. The quantitative estimate of drug-likeness (QED) is 0.343. The van der Waals surface area contributed by atoms with Crippen molar-refractivity contribution >= 4 is 44.1 Å². The number of anilines is 1. The van der Waals surface area contributed by atoms with Crippen LogP contribution < -0.4 is 9.71 Å². The molecule has 7 heteroatoms. The molecule has 0 unspecified atom stereocenters. The van der Waals surface area contributed by atoms with Gasteiger partial charge in [0.2, 0.25) is 0 Å². The van der Waals surface area contributed by atoms with Gasteiger partial charge in [0.25, 0.3) is 5.84 Å². The van der Waals surface area contributed by atoms with Crippen LogP contribution in [0.15, 0.2) is 83.8 Å². The number of rotatable bonds is 4. The minimum absolute atomic E-state index is 0.143. The smallest absolute Gasteiger partial charge is 0.239 e. The van der Waals surface area contributed by atoms with E-state index in [1.165, 1.54) is 36.4 Å². The van der Waals surface area contributed by atoms with Gasteiger partial charge in [-0.15, -0.1) is 0 Å². The van der Waals surface area contributed by atoms with Crippen LogP contribution in [-0.2, 0) is 10.0 Å². The lowest BCUT2D eigenvalue weighted by Gasteiger charge is -2.06. The lowest BCUT2D eigenvalue weighted by Crippen LogP contribution is -2.78. The van der Waals surface area contributed by atoms with Crippen LogP contribution in [-0.4, -0.2) is 14.3 Å². The van der Waals surface area contributed by atoms with Gasteiger partial charge < -0.3 is 0 Å². The number of para-hydroxylation sites is 1. The van der Waals surface area contributed by atoms with Crippen LogP contribution in [0.1, 0.15) is 5.56 Å². The van der Waals surface area contributed by atoms with E-state index in [0.717, 1.165) is 9.26 Å². The summed E-state index contributed by atoms with van der Waals surface area (Å²) in [5.74, 6) is -0.147. The minimum Gasteiger partial charge on any atom is -0.239 e. The third-order valence-electron chi connectivity index (χ3n) is 3.56. The number of nitrogens with one attached hydrogen (secondary N) is 2. The topological polar surface area (TPSA) is 60.1 Å². The second kappa shape index (κ2) is 7.96. The molecular weight excluding hydrogens is 466 g/mol. The number of hydrogen-bond donors (Lipinski definition) is 2. The van der Waals surface area contributed by atoms with Crippen molar-refractivity contribution in [1.29, 1.82) is 0 Å². The van der Waals surface area contributed by atoms with Gasteiger partial charge in [-0.25, -0.2) is 9.71 Å². The zero-order valence-corrected chi connectivity index (χ0v) is 16.5. The van der Waals surface area contributed by atoms with Gasteiger partial charge in [0, 0.05) is 0 Å². The minimum atomic E-state index is -3.80. The molecular formula is C19H15FIN2O2S+. The van der Waals surface area contributed by atoms with E-state index in [4.69, 9.17) is 0 Å². The molecule has 0 spiro atoms. The summed E-state index contributed by atoms with van der Waals surface area (Å²) in [5.41, 5.74) is 1.26. The van der Waals surface area contributed by atoms with Gasteiger partial charge in [-0.1, -0.05) is 30.3 Å². The third kappa shape index (κ3) is 4.47. The summed E-state index contributed by atoms with van der Waals surface area (Å²) in [6, 6.07) is 21.1. The molecule has 3 aromatic rings. The molecule has 0 aliphatic rings. The van der Waals surface area contributed by atoms with Crippen molar-refractivity contribution in [2.75, 3.05) is 5.32 Å². The summed E-state index contributed by atoms with van der Waals surface area (Å²) in [6.45, 7) is 0. The fourth-order valence-corrected chi connectivity index (χ4v) is 3.86. The van der Waals surface area contributed by atoms with E-state index >= 15 is 0 Å². The molecule has 0 saturated heterocycles. The number of benzene rings is 3. The Morgan fingerprint density at radius 3 is 2.15 bits per heavy atom. The van der Waals surface area contributed by atoms with Crippen LogP contribution >= 0.6 is 22.6 Å². The van der Waals surface area contributed by atoms with Crippen LogP contribution in [0.4, 0.5) is 10.1 Å². The molecule has 0 aliphatic carbocycles. The molecule has 0 fully saturated rings. The predicted octanol–water partition coefficient (Wildman–Crippen LogP) is 2.76. The molecule has 0 aliphatic heterocycles. The van der Waals surface area contributed by atoms with Crippen molar-refractivity contribution in [3.63, 3.8) is 0 Å². The van der Waals surface area contributed by atoms with Crippen molar-refractivity contribution in [3.05, 3.63) is 93.8 Å². The predicted molar refractivity (Wildman–Crippen MR) is 108 cm³/mol. The van der Waals surface area contributed by atoms with Crippen molar-refractivity contribution < 1.29 is 17.2 Å². The van der Waals surface area contributed by atoms with Crippen LogP contribution in [0.5, 0.6) is 0 Å². The summed E-state index contributed by atoms with van der Waals surface area (Å²) >= 11 is 2.15.